The molecule has 0 atom stereocenters. The zero-order chi connectivity index (χ0) is 10.2. The topological polar surface area (TPSA) is 21.6 Å². The van der Waals surface area contributed by atoms with E-state index in [2.05, 4.69) is 37.2 Å². The fraction of sp³-hybridized carbons (Fsp3) is 0.417. The largest absolute Gasteiger partial charge is 0.399 e. The molecule has 0 spiro atoms. The lowest BCUT2D eigenvalue weighted by Crippen LogP contribution is -2.20. The van der Waals surface area contributed by atoms with Crippen molar-refractivity contribution in [2.75, 3.05) is 7.11 Å². The van der Waals surface area contributed by atoms with Crippen molar-refractivity contribution in [1.29, 1.82) is 0 Å². The number of hydrogen-bond acceptors (Lipinski definition) is 2. The minimum atomic E-state index is 0.0969. The number of fused-ring (bicyclic) bond motifs is 1. The van der Waals surface area contributed by atoms with Gasteiger partial charge in [-0.1, -0.05) is 43.3 Å². The van der Waals surface area contributed by atoms with Crippen LogP contribution in [-0.4, -0.2) is 12.8 Å². The smallest absolute Gasteiger partial charge is 0.106 e. The summed E-state index contributed by atoms with van der Waals surface area (Å²) in [7, 11) is 1.60. The average Bonchev–Trinajstić information content (AvgIpc) is 2.39. The maximum atomic E-state index is 4.91. The van der Waals surface area contributed by atoms with Crippen molar-refractivity contribution in [2.45, 2.75) is 20.3 Å². The summed E-state index contributed by atoms with van der Waals surface area (Å²) in [4.78, 5) is 4.91. The van der Waals surface area contributed by atoms with Gasteiger partial charge in [0.2, 0.25) is 0 Å². The van der Waals surface area contributed by atoms with Gasteiger partial charge in [-0.05, 0) is 12.0 Å². The Morgan fingerprint density at radius 1 is 1.29 bits per heavy atom. The van der Waals surface area contributed by atoms with E-state index < -0.39 is 0 Å². The Kier molecular flexibility index (Phi) is 2.06. The first-order valence-electron chi connectivity index (χ1n) is 4.85. The van der Waals surface area contributed by atoms with Crippen LogP contribution in [0.4, 0.5) is 0 Å². The summed E-state index contributed by atoms with van der Waals surface area (Å²) >= 11 is 0. The summed E-state index contributed by atoms with van der Waals surface area (Å²) in [5, 5.41) is 4.13. The third-order valence-corrected chi connectivity index (χ3v) is 2.73. The molecule has 1 aromatic rings. The lowest BCUT2D eigenvalue weighted by molar-refractivity contribution is 0.209. The molecule has 0 aliphatic heterocycles. The molecular weight excluding hydrogens is 174 g/mol. The van der Waals surface area contributed by atoms with Crippen LogP contribution < -0.4 is 0 Å². The van der Waals surface area contributed by atoms with Gasteiger partial charge in [-0.25, -0.2) is 0 Å². The monoisotopic (exact) mass is 189 g/mol. The predicted molar refractivity (Wildman–Crippen MR) is 57.5 cm³/mol. The predicted octanol–water partition coefficient (Wildman–Crippen LogP) is 2.62. The first-order valence-corrected chi connectivity index (χ1v) is 4.85. The summed E-state index contributed by atoms with van der Waals surface area (Å²) in [6, 6.07) is 8.40. The normalized spacial score (nSPS) is 20.9. The number of rotatable bonds is 1. The van der Waals surface area contributed by atoms with E-state index in [9.17, 15) is 0 Å². The first-order chi connectivity index (χ1) is 6.65. The number of hydrogen-bond donors (Lipinski definition) is 0. The molecule has 0 saturated heterocycles. The summed E-state index contributed by atoms with van der Waals surface area (Å²) in [6.07, 6.45) is 1.05. The van der Waals surface area contributed by atoms with Gasteiger partial charge in [0.05, 0.1) is 5.71 Å². The maximum absolute atomic E-state index is 4.91. The molecule has 0 bridgehead atoms. The highest BCUT2D eigenvalue weighted by molar-refractivity contribution is 6.08. The SMILES string of the molecule is CON=C1c2ccccc2CC1(C)C. The Balaban J connectivity index is 2.54. The minimum absolute atomic E-state index is 0.0969. The second-order valence-electron chi connectivity index (χ2n) is 4.34. The number of oxime groups is 1. The van der Waals surface area contributed by atoms with Gasteiger partial charge in [0.1, 0.15) is 7.11 Å². The van der Waals surface area contributed by atoms with Crippen LogP contribution in [0.2, 0.25) is 0 Å². The zero-order valence-corrected chi connectivity index (χ0v) is 8.87. The van der Waals surface area contributed by atoms with Crippen LogP contribution >= 0.6 is 0 Å². The van der Waals surface area contributed by atoms with Crippen LogP contribution in [0.25, 0.3) is 0 Å². The van der Waals surface area contributed by atoms with E-state index in [1.807, 2.05) is 6.07 Å². The number of nitrogens with zero attached hydrogens (tertiary/aromatic N) is 1. The van der Waals surface area contributed by atoms with Gasteiger partial charge in [0.15, 0.2) is 0 Å². The molecule has 0 fully saturated rings. The molecule has 1 aromatic carbocycles. The van der Waals surface area contributed by atoms with E-state index in [1.165, 1.54) is 11.1 Å². The molecule has 14 heavy (non-hydrogen) atoms. The van der Waals surface area contributed by atoms with Gasteiger partial charge >= 0.3 is 0 Å². The van der Waals surface area contributed by atoms with Crippen LogP contribution in [0.1, 0.15) is 25.0 Å². The molecule has 74 valence electrons. The Labute approximate surface area is 84.6 Å². The van der Waals surface area contributed by atoms with Gasteiger partial charge in [-0.15, -0.1) is 0 Å². The Hall–Kier alpha value is -1.31. The quantitative estimate of drug-likeness (QED) is 0.622. The summed E-state index contributed by atoms with van der Waals surface area (Å²) < 4.78 is 0. The van der Waals surface area contributed by atoms with Crippen LogP contribution in [0.5, 0.6) is 0 Å². The third-order valence-electron chi connectivity index (χ3n) is 2.73. The molecule has 0 aromatic heterocycles. The fourth-order valence-corrected chi connectivity index (χ4v) is 2.09. The average molecular weight is 189 g/mol. The Morgan fingerprint density at radius 3 is 2.71 bits per heavy atom. The molecule has 0 heterocycles. The minimum Gasteiger partial charge on any atom is -0.399 e. The molecule has 2 nitrogen and oxygen atoms in total. The standard InChI is InChI=1S/C12H15NO/c1-12(2)8-9-6-4-5-7-10(9)11(12)13-14-3/h4-7H,8H2,1-3H3. The second kappa shape index (κ2) is 3.12. The molecule has 0 saturated carbocycles. The summed E-state index contributed by atoms with van der Waals surface area (Å²) in [5.41, 5.74) is 3.77. The van der Waals surface area contributed by atoms with Crippen LogP contribution in [0.3, 0.4) is 0 Å². The van der Waals surface area contributed by atoms with Gasteiger partial charge < -0.3 is 4.84 Å². The van der Waals surface area contributed by atoms with Crippen molar-refractivity contribution in [3.05, 3.63) is 35.4 Å². The number of benzene rings is 1. The molecule has 1 aliphatic rings. The highest BCUT2D eigenvalue weighted by atomic mass is 16.6. The highest BCUT2D eigenvalue weighted by Gasteiger charge is 2.35. The van der Waals surface area contributed by atoms with Gasteiger partial charge in [0.25, 0.3) is 0 Å². The second-order valence-corrected chi connectivity index (χ2v) is 4.34. The van der Waals surface area contributed by atoms with Gasteiger partial charge in [0, 0.05) is 11.0 Å². The molecule has 0 radical (unpaired) electrons. The summed E-state index contributed by atoms with van der Waals surface area (Å²) in [5.74, 6) is 0. The first kappa shape index (κ1) is 9.25. The molecule has 2 heteroatoms. The van der Waals surface area contributed by atoms with Crippen molar-refractivity contribution in [3.8, 4) is 0 Å². The molecular formula is C12H15NO. The molecule has 0 N–H and O–H groups in total. The lowest BCUT2D eigenvalue weighted by Gasteiger charge is -2.17. The van der Waals surface area contributed by atoms with E-state index in [1.54, 1.807) is 7.11 Å². The maximum Gasteiger partial charge on any atom is 0.106 e. The van der Waals surface area contributed by atoms with Crippen molar-refractivity contribution in [1.82, 2.24) is 0 Å². The van der Waals surface area contributed by atoms with Crippen LogP contribution in [0, 0.1) is 5.41 Å². The van der Waals surface area contributed by atoms with Gasteiger partial charge in [-0.2, -0.15) is 0 Å². The van der Waals surface area contributed by atoms with E-state index in [0.717, 1.165) is 12.1 Å². The van der Waals surface area contributed by atoms with Gasteiger partial charge in [-0.3, -0.25) is 0 Å². The molecule has 0 unspecified atom stereocenters. The molecule has 2 rings (SSSR count). The van der Waals surface area contributed by atoms with Crippen molar-refractivity contribution < 1.29 is 4.84 Å². The van der Waals surface area contributed by atoms with E-state index >= 15 is 0 Å². The Bertz CT molecular complexity index is 380. The highest BCUT2D eigenvalue weighted by Crippen LogP contribution is 2.36. The Morgan fingerprint density at radius 2 is 2.00 bits per heavy atom. The van der Waals surface area contributed by atoms with E-state index in [-0.39, 0.29) is 5.41 Å². The summed E-state index contributed by atoms with van der Waals surface area (Å²) in [6.45, 7) is 4.40. The fourth-order valence-electron chi connectivity index (χ4n) is 2.09. The van der Waals surface area contributed by atoms with E-state index in [0.29, 0.717) is 0 Å². The molecule has 1 aliphatic carbocycles. The van der Waals surface area contributed by atoms with Crippen LogP contribution in [-0.2, 0) is 11.3 Å². The van der Waals surface area contributed by atoms with Crippen molar-refractivity contribution in [2.24, 2.45) is 10.6 Å². The van der Waals surface area contributed by atoms with Crippen molar-refractivity contribution >= 4 is 5.71 Å². The lowest BCUT2D eigenvalue weighted by atomic mass is 9.88. The molecule has 0 amide bonds. The third kappa shape index (κ3) is 1.31. The zero-order valence-electron chi connectivity index (χ0n) is 8.87. The van der Waals surface area contributed by atoms with Crippen LogP contribution in [0.15, 0.2) is 29.4 Å². The van der Waals surface area contributed by atoms with Crippen molar-refractivity contribution in [3.63, 3.8) is 0 Å². The van der Waals surface area contributed by atoms with E-state index in [4.69, 9.17) is 4.84 Å².